The molecule has 7 aromatic rings. The van der Waals surface area contributed by atoms with Crippen LogP contribution in [0.4, 0.5) is 0 Å². The van der Waals surface area contributed by atoms with Gasteiger partial charge in [0, 0.05) is 10.8 Å². The number of rotatable bonds is 4. The van der Waals surface area contributed by atoms with Gasteiger partial charge in [-0.25, -0.2) is 0 Å². The van der Waals surface area contributed by atoms with Crippen LogP contribution in [-0.4, -0.2) is 0 Å². The normalized spacial score (nSPS) is 11.8. The predicted molar refractivity (Wildman–Crippen MR) is 164 cm³/mol. The van der Waals surface area contributed by atoms with Gasteiger partial charge in [-0.15, -0.1) is 0 Å². The summed E-state index contributed by atoms with van der Waals surface area (Å²) in [5.41, 5.74) is 9.11. The second-order valence-corrected chi connectivity index (χ2v) is 9.77. The maximum Gasteiger partial charge on any atom is 0.138 e. The van der Waals surface area contributed by atoms with Crippen molar-refractivity contribution in [3.63, 3.8) is 0 Å². The molecule has 0 spiro atoms. The van der Waals surface area contributed by atoms with Gasteiger partial charge in [-0.1, -0.05) is 116 Å². The minimum absolute atomic E-state index is 0.909. The Hall–Kier alpha value is -4.88. The molecule has 0 bridgehead atoms. The van der Waals surface area contributed by atoms with E-state index in [0.717, 1.165) is 33.1 Å². The first-order valence-electron chi connectivity index (χ1n) is 13.0. The summed E-state index contributed by atoms with van der Waals surface area (Å²) in [6.07, 6.45) is 5.84. The number of hydrogen-bond donors (Lipinski definition) is 0. The maximum absolute atomic E-state index is 6.39. The fourth-order valence-corrected chi connectivity index (χ4v) is 5.85. The molecule has 0 saturated heterocycles. The van der Waals surface area contributed by atoms with Crippen LogP contribution >= 0.6 is 0 Å². The molecule has 1 heterocycles. The highest BCUT2D eigenvalue weighted by atomic mass is 16.3. The molecule has 6 aromatic carbocycles. The van der Waals surface area contributed by atoms with Crippen LogP contribution in [0.15, 0.2) is 132 Å². The molecule has 0 aliphatic rings. The summed E-state index contributed by atoms with van der Waals surface area (Å²) >= 11 is 0. The van der Waals surface area contributed by atoms with E-state index < -0.39 is 0 Å². The Bertz CT molecular complexity index is 1980. The van der Waals surface area contributed by atoms with Gasteiger partial charge in [0.15, 0.2) is 0 Å². The minimum atomic E-state index is 0.909. The molecule has 1 heteroatoms. The van der Waals surface area contributed by atoms with Crippen molar-refractivity contribution in [3.05, 3.63) is 139 Å². The van der Waals surface area contributed by atoms with E-state index in [0.29, 0.717) is 0 Å². The van der Waals surface area contributed by atoms with Crippen molar-refractivity contribution in [1.82, 2.24) is 0 Å². The molecule has 1 nitrogen and oxygen atoms in total. The lowest BCUT2D eigenvalue weighted by Gasteiger charge is -2.17. The first kappa shape index (κ1) is 22.3. The molecular weight excluding hydrogens is 460 g/mol. The van der Waals surface area contributed by atoms with Gasteiger partial charge < -0.3 is 4.42 Å². The Morgan fingerprint density at radius 3 is 1.82 bits per heavy atom. The van der Waals surface area contributed by atoms with Crippen LogP contribution in [0.3, 0.4) is 0 Å². The quantitative estimate of drug-likeness (QED) is 0.178. The summed E-state index contributed by atoms with van der Waals surface area (Å²) in [7, 11) is 0. The van der Waals surface area contributed by atoms with Gasteiger partial charge in [0.1, 0.15) is 11.2 Å². The summed E-state index contributed by atoms with van der Waals surface area (Å²) in [6.45, 7) is 5.92. The molecule has 0 aliphatic heterocycles. The first-order chi connectivity index (χ1) is 18.7. The minimum Gasteiger partial charge on any atom is -0.456 e. The molecule has 0 fully saturated rings. The van der Waals surface area contributed by atoms with Gasteiger partial charge in [0.05, 0.1) is 0 Å². The zero-order chi connectivity index (χ0) is 25.6. The number of hydrogen-bond acceptors (Lipinski definition) is 1. The van der Waals surface area contributed by atoms with E-state index in [1.807, 2.05) is 6.08 Å². The topological polar surface area (TPSA) is 13.1 Å². The molecule has 7 rings (SSSR count). The van der Waals surface area contributed by atoms with Crippen molar-refractivity contribution in [2.75, 3.05) is 0 Å². The Morgan fingerprint density at radius 2 is 1.18 bits per heavy atom. The number of allylic oxidation sites excluding steroid dienone is 2. The van der Waals surface area contributed by atoms with Gasteiger partial charge in [0.25, 0.3) is 0 Å². The van der Waals surface area contributed by atoms with Crippen LogP contribution in [0.5, 0.6) is 0 Å². The lowest BCUT2D eigenvalue weighted by atomic mass is 9.86. The largest absolute Gasteiger partial charge is 0.456 e. The molecule has 0 radical (unpaired) electrons. The predicted octanol–water partition coefficient (Wildman–Crippen LogP) is 10.7. The monoisotopic (exact) mass is 486 g/mol. The Kier molecular flexibility index (Phi) is 5.23. The van der Waals surface area contributed by atoms with Gasteiger partial charge in [-0.3, -0.25) is 0 Å². The average molecular weight is 487 g/mol. The Labute approximate surface area is 222 Å². The number of fused-ring (bicyclic) bond motifs is 5. The van der Waals surface area contributed by atoms with Gasteiger partial charge in [0.2, 0.25) is 0 Å². The number of benzene rings is 6. The van der Waals surface area contributed by atoms with Crippen LogP contribution in [-0.2, 0) is 0 Å². The SMILES string of the molecule is C=C/C=C\c1ccc2c(oc3ccc(-c4c5ccccc5c(-c5ccccc5)c5ccccc45)cc32)c1C. The van der Waals surface area contributed by atoms with E-state index in [4.69, 9.17) is 4.42 Å². The highest BCUT2D eigenvalue weighted by Gasteiger charge is 2.18. The molecule has 0 N–H and O–H groups in total. The van der Waals surface area contributed by atoms with E-state index in [-0.39, 0.29) is 0 Å². The second kappa shape index (κ2) is 8.90. The summed E-state index contributed by atoms with van der Waals surface area (Å²) in [6, 6.07) is 39.3. The molecule has 180 valence electrons. The van der Waals surface area contributed by atoms with Gasteiger partial charge in [-0.05, 0) is 80.0 Å². The molecule has 1 aromatic heterocycles. The molecular formula is C37H26O. The molecule has 0 unspecified atom stereocenters. The van der Waals surface area contributed by atoms with Crippen molar-refractivity contribution in [3.8, 4) is 22.3 Å². The zero-order valence-electron chi connectivity index (χ0n) is 21.2. The number of aryl methyl sites for hydroxylation is 1. The van der Waals surface area contributed by atoms with Crippen molar-refractivity contribution < 1.29 is 4.42 Å². The average Bonchev–Trinajstić information content (AvgIpc) is 3.34. The van der Waals surface area contributed by atoms with Crippen molar-refractivity contribution in [2.24, 2.45) is 0 Å². The summed E-state index contributed by atoms with van der Waals surface area (Å²) in [5, 5.41) is 7.32. The maximum atomic E-state index is 6.39. The standard InChI is InChI=1S/C37H26O/c1-3-4-12-25-19-21-32-33-23-27(20-22-34(33)38-37(32)24(25)2)36-30-17-10-8-15-28(30)35(26-13-6-5-7-14-26)29-16-9-11-18-31(29)36/h3-23H,1H2,2H3/b12-4-. The molecule has 0 atom stereocenters. The van der Waals surface area contributed by atoms with E-state index in [1.165, 1.54) is 43.8 Å². The van der Waals surface area contributed by atoms with Crippen LogP contribution in [0.25, 0.3) is 71.8 Å². The van der Waals surface area contributed by atoms with Crippen LogP contribution in [0.1, 0.15) is 11.1 Å². The fourth-order valence-electron chi connectivity index (χ4n) is 5.85. The molecule has 0 aliphatic carbocycles. The first-order valence-corrected chi connectivity index (χ1v) is 13.0. The van der Waals surface area contributed by atoms with Crippen molar-refractivity contribution in [2.45, 2.75) is 6.92 Å². The van der Waals surface area contributed by atoms with E-state index in [9.17, 15) is 0 Å². The summed E-state index contributed by atoms with van der Waals surface area (Å²) in [5.74, 6) is 0. The third kappa shape index (κ3) is 3.40. The third-order valence-corrected chi connectivity index (χ3v) is 7.62. The Balaban J connectivity index is 1.54. The highest BCUT2D eigenvalue weighted by molar-refractivity contribution is 6.22. The lowest BCUT2D eigenvalue weighted by molar-refractivity contribution is 0.665. The third-order valence-electron chi connectivity index (χ3n) is 7.62. The van der Waals surface area contributed by atoms with Crippen molar-refractivity contribution >= 4 is 49.6 Å². The van der Waals surface area contributed by atoms with Crippen LogP contribution < -0.4 is 0 Å². The van der Waals surface area contributed by atoms with Gasteiger partial charge in [-0.2, -0.15) is 0 Å². The van der Waals surface area contributed by atoms with E-state index in [1.54, 1.807) is 6.08 Å². The second-order valence-electron chi connectivity index (χ2n) is 9.77. The molecule has 0 amide bonds. The molecule has 38 heavy (non-hydrogen) atoms. The van der Waals surface area contributed by atoms with E-state index >= 15 is 0 Å². The summed E-state index contributed by atoms with van der Waals surface area (Å²) in [4.78, 5) is 0. The smallest absolute Gasteiger partial charge is 0.138 e. The zero-order valence-corrected chi connectivity index (χ0v) is 21.2. The summed E-state index contributed by atoms with van der Waals surface area (Å²) < 4.78 is 6.39. The van der Waals surface area contributed by atoms with Crippen LogP contribution in [0.2, 0.25) is 0 Å². The van der Waals surface area contributed by atoms with Crippen LogP contribution in [0, 0.1) is 6.92 Å². The molecule has 0 saturated carbocycles. The fraction of sp³-hybridized carbons (Fsp3) is 0.0270. The van der Waals surface area contributed by atoms with Gasteiger partial charge >= 0.3 is 0 Å². The van der Waals surface area contributed by atoms with Crippen molar-refractivity contribution in [1.29, 1.82) is 0 Å². The highest BCUT2D eigenvalue weighted by Crippen LogP contribution is 2.44. The number of furan rings is 1. The lowest BCUT2D eigenvalue weighted by Crippen LogP contribution is -1.90. The van der Waals surface area contributed by atoms with E-state index in [2.05, 4.69) is 129 Å². The Morgan fingerprint density at radius 1 is 0.579 bits per heavy atom.